The number of hydrogen-bond acceptors (Lipinski definition) is 3. The highest BCUT2D eigenvalue weighted by Crippen LogP contribution is 2.24. The maximum atomic E-state index is 12.6. The summed E-state index contributed by atoms with van der Waals surface area (Å²) in [6.07, 6.45) is 2.76. The van der Waals surface area contributed by atoms with Crippen LogP contribution >= 0.6 is 0 Å². The lowest BCUT2D eigenvalue weighted by Crippen LogP contribution is -2.22. The van der Waals surface area contributed by atoms with Gasteiger partial charge in [0, 0.05) is 30.4 Å². The van der Waals surface area contributed by atoms with Gasteiger partial charge in [0.1, 0.15) is 11.3 Å². The van der Waals surface area contributed by atoms with Gasteiger partial charge in [0.25, 0.3) is 5.91 Å². The van der Waals surface area contributed by atoms with Crippen molar-refractivity contribution in [2.24, 2.45) is 0 Å². The largest absolute Gasteiger partial charge is 0.348 e. The molecule has 2 heterocycles. The van der Waals surface area contributed by atoms with Gasteiger partial charge in [-0.05, 0) is 36.2 Å². The van der Waals surface area contributed by atoms with Crippen molar-refractivity contribution in [2.75, 3.05) is 0 Å². The maximum Gasteiger partial charge on any atom is 0.251 e. The molecule has 140 valence electrons. The number of carbonyl (C=O) groups excluding carboxylic acids is 1. The first-order chi connectivity index (χ1) is 13.8. The molecule has 5 heteroatoms. The molecule has 1 N–H and O–H groups in total. The van der Waals surface area contributed by atoms with Gasteiger partial charge in [0.15, 0.2) is 5.65 Å². The molecule has 0 saturated heterocycles. The van der Waals surface area contributed by atoms with E-state index in [2.05, 4.69) is 21.8 Å². The third kappa shape index (κ3) is 3.64. The van der Waals surface area contributed by atoms with Gasteiger partial charge in [-0.15, -0.1) is 0 Å². The molecule has 28 heavy (non-hydrogen) atoms. The van der Waals surface area contributed by atoms with E-state index < -0.39 is 0 Å². The first-order valence-corrected chi connectivity index (χ1v) is 9.50. The standard InChI is InChI=1S/C23H22N4O/c1-2-14-27-21(26-20-12-7-13-24-22(20)27)18-10-6-11-19(15-18)23(28)25-16-17-8-4-3-5-9-17/h3-13,15H,2,14,16H2,1H3,(H,25,28). The van der Waals surface area contributed by atoms with Crippen LogP contribution in [0.15, 0.2) is 72.9 Å². The smallest absolute Gasteiger partial charge is 0.251 e. The zero-order chi connectivity index (χ0) is 19.3. The third-order valence-corrected chi connectivity index (χ3v) is 4.63. The number of amides is 1. The van der Waals surface area contributed by atoms with Crippen molar-refractivity contribution in [2.45, 2.75) is 26.4 Å². The van der Waals surface area contributed by atoms with Crippen LogP contribution in [-0.4, -0.2) is 20.4 Å². The van der Waals surface area contributed by atoms with E-state index in [1.807, 2.05) is 66.7 Å². The summed E-state index contributed by atoms with van der Waals surface area (Å²) in [7, 11) is 0. The number of pyridine rings is 1. The molecule has 0 saturated carbocycles. The van der Waals surface area contributed by atoms with Crippen molar-refractivity contribution < 1.29 is 4.79 Å². The average Bonchev–Trinajstić information content (AvgIpc) is 3.12. The Balaban J connectivity index is 1.63. The molecular weight excluding hydrogens is 348 g/mol. The number of nitrogens with zero attached hydrogens (tertiary/aromatic N) is 3. The minimum absolute atomic E-state index is 0.0954. The summed E-state index contributed by atoms with van der Waals surface area (Å²) in [5, 5.41) is 2.98. The predicted molar refractivity (Wildman–Crippen MR) is 111 cm³/mol. The summed E-state index contributed by atoms with van der Waals surface area (Å²) in [4.78, 5) is 21.9. The van der Waals surface area contributed by atoms with Crippen LogP contribution in [-0.2, 0) is 13.1 Å². The number of fused-ring (bicyclic) bond motifs is 1. The Bertz CT molecular complexity index is 1100. The molecule has 0 bridgehead atoms. The van der Waals surface area contributed by atoms with Gasteiger partial charge in [-0.25, -0.2) is 9.97 Å². The van der Waals surface area contributed by atoms with Crippen LogP contribution in [0, 0.1) is 0 Å². The molecule has 0 aliphatic carbocycles. The SMILES string of the molecule is CCCn1c(-c2cccc(C(=O)NCc3ccccc3)c2)nc2cccnc21. The number of benzene rings is 2. The Hall–Kier alpha value is -3.47. The molecule has 0 unspecified atom stereocenters. The molecule has 1 amide bonds. The molecule has 2 aromatic carbocycles. The lowest BCUT2D eigenvalue weighted by Gasteiger charge is -2.09. The van der Waals surface area contributed by atoms with E-state index in [1.165, 1.54) is 0 Å². The number of aromatic nitrogens is 3. The summed E-state index contributed by atoms with van der Waals surface area (Å²) in [6.45, 7) is 3.46. The van der Waals surface area contributed by atoms with E-state index in [0.29, 0.717) is 12.1 Å². The van der Waals surface area contributed by atoms with Crippen molar-refractivity contribution in [3.05, 3.63) is 84.1 Å². The molecule has 5 nitrogen and oxygen atoms in total. The quantitative estimate of drug-likeness (QED) is 0.546. The van der Waals surface area contributed by atoms with E-state index in [1.54, 1.807) is 6.20 Å². The van der Waals surface area contributed by atoms with Gasteiger partial charge in [0.05, 0.1) is 0 Å². The van der Waals surface area contributed by atoms with Crippen LogP contribution in [0.2, 0.25) is 0 Å². The van der Waals surface area contributed by atoms with Gasteiger partial charge in [-0.2, -0.15) is 0 Å². The minimum Gasteiger partial charge on any atom is -0.348 e. The van der Waals surface area contributed by atoms with Crippen molar-refractivity contribution >= 4 is 17.1 Å². The molecule has 4 rings (SSSR count). The second-order valence-electron chi connectivity index (χ2n) is 6.68. The lowest BCUT2D eigenvalue weighted by atomic mass is 10.1. The highest BCUT2D eigenvalue weighted by atomic mass is 16.1. The lowest BCUT2D eigenvalue weighted by molar-refractivity contribution is 0.0951. The van der Waals surface area contributed by atoms with Crippen LogP contribution in [0.4, 0.5) is 0 Å². The Morgan fingerprint density at radius 1 is 1.04 bits per heavy atom. The molecule has 0 atom stereocenters. The second kappa shape index (κ2) is 8.05. The van der Waals surface area contributed by atoms with Crippen LogP contribution in [0.1, 0.15) is 29.3 Å². The summed E-state index contributed by atoms with van der Waals surface area (Å²) in [5.41, 5.74) is 4.35. The third-order valence-electron chi connectivity index (χ3n) is 4.63. The maximum absolute atomic E-state index is 12.6. The van der Waals surface area contributed by atoms with Crippen LogP contribution in [0.25, 0.3) is 22.6 Å². The number of imidazole rings is 1. The van der Waals surface area contributed by atoms with E-state index >= 15 is 0 Å². The summed E-state index contributed by atoms with van der Waals surface area (Å²) in [6, 6.07) is 21.4. The van der Waals surface area contributed by atoms with Crippen LogP contribution in [0.5, 0.6) is 0 Å². The van der Waals surface area contributed by atoms with E-state index in [0.717, 1.165) is 41.1 Å². The van der Waals surface area contributed by atoms with Gasteiger partial charge in [0.2, 0.25) is 0 Å². The second-order valence-corrected chi connectivity index (χ2v) is 6.68. The van der Waals surface area contributed by atoms with E-state index in [-0.39, 0.29) is 5.91 Å². The fourth-order valence-corrected chi connectivity index (χ4v) is 3.29. The van der Waals surface area contributed by atoms with E-state index in [4.69, 9.17) is 4.98 Å². The fraction of sp³-hybridized carbons (Fsp3) is 0.174. The zero-order valence-corrected chi connectivity index (χ0v) is 15.8. The monoisotopic (exact) mass is 370 g/mol. The molecule has 4 aromatic rings. The summed E-state index contributed by atoms with van der Waals surface area (Å²) >= 11 is 0. The number of nitrogens with one attached hydrogen (secondary N) is 1. The molecule has 0 spiro atoms. The van der Waals surface area contributed by atoms with E-state index in [9.17, 15) is 4.79 Å². The number of carbonyl (C=O) groups is 1. The highest BCUT2D eigenvalue weighted by Gasteiger charge is 2.14. The Morgan fingerprint density at radius 2 is 1.89 bits per heavy atom. The number of aryl methyl sites for hydroxylation is 1. The molecular formula is C23H22N4O. The Kier molecular flexibility index (Phi) is 5.15. The van der Waals surface area contributed by atoms with Gasteiger partial charge in [-0.1, -0.05) is 49.4 Å². The number of hydrogen-bond donors (Lipinski definition) is 1. The first kappa shape index (κ1) is 17.9. The molecule has 0 fully saturated rings. The molecule has 0 radical (unpaired) electrons. The fourth-order valence-electron chi connectivity index (χ4n) is 3.29. The van der Waals surface area contributed by atoms with Crippen LogP contribution < -0.4 is 5.32 Å². The van der Waals surface area contributed by atoms with Gasteiger partial charge < -0.3 is 9.88 Å². The van der Waals surface area contributed by atoms with Gasteiger partial charge in [-0.3, -0.25) is 4.79 Å². The molecule has 0 aliphatic rings. The van der Waals surface area contributed by atoms with Crippen molar-refractivity contribution in [1.82, 2.24) is 19.9 Å². The zero-order valence-electron chi connectivity index (χ0n) is 15.8. The normalized spacial score (nSPS) is 10.9. The van der Waals surface area contributed by atoms with Crippen LogP contribution in [0.3, 0.4) is 0 Å². The highest BCUT2D eigenvalue weighted by molar-refractivity contribution is 5.95. The number of rotatable bonds is 6. The molecule has 2 aromatic heterocycles. The predicted octanol–water partition coefficient (Wildman–Crippen LogP) is 4.44. The average molecular weight is 370 g/mol. The minimum atomic E-state index is -0.0954. The van der Waals surface area contributed by atoms with Crippen molar-refractivity contribution in [1.29, 1.82) is 0 Å². The summed E-state index contributed by atoms with van der Waals surface area (Å²) < 4.78 is 2.12. The molecule has 0 aliphatic heterocycles. The Morgan fingerprint density at radius 3 is 2.71 bits per heavy atom. The Labute approximate surface area is 164 Å². The van der Waals surface area contributed by atoms with Crippen molar-refractivity contribution in [3.8, 4) is 11.4 Å². The van der Waals surface area contributed by atoms with Crippen molar-refractivity contribution in [3.63, 3.8) is 0 Å². The first-order valence-electron chi connectivity index (χ1n) is 9.50. The summed E-state index contributed by atoms with van der Waals surface area (Å²) in [5.74, 6) is 0.746. The van der Waals surface area contributed by atoms with Gasteiger partial charge >= 0.3 is 0 Å². The topological polar surface area (TPSA) is 59.8 Å².